The van der Waals surface area contributed by atoms with Crippen molar-refractivity contribution in [2.45, 2.75) is 32.9 Å². The molecule has 2 aromatic carbocycles. The highest BCUT2D eigenvalue weighted by Gasteiger charge is 2.40. The highest BCUT2D eigenvalue weighted by Crippen LogP contribution is 2.32. The second-order valence-corrected chi connectivity index (χ2v) is 8.76. The Kier molecular flexibility index (Phi) is 5.50. The third-order valence-corrected chi connectivity index (χ3v) is 6.42. The monoisotopic (exact) mass is 425 g/mol. The quantitative estimate of drug-likeness (QED) is 0.753. The Hall–Kier alpha value is -3.43. The zero-order valence-corrected chi connectivity index (χ0v) is 18.4. The van der Waals surface area contributed by atoms with Crippen LogP contribution in [-0.2, 0) is 17.9 Å². The summed E-state index contributed by atoms with van der Waals surface area (Å²) in [4.78, 5) is 24.9. The number of fused-ring (bicyclic) bond motifs is 2. The van der Waals surface area contributed by atoms with Gasteiger partial charge >= 0.3 is 0 Å². The molecule has 0 aliphatic carbocycles. The SMILES string of the molecule is Cc1ccc(CN2C(=O)C3=C(CCN(Cc4cccc(C#N)c4)C3)N3CCCN=C23)cc1. The Morgan fingerprint density at radius 1 is 1.06 bits per heavy atom. The van der Waals surface area contributed by atoms with Crippen molar-refractivity contribution in [3.05, 3.63) is 82.1 Å². The third-order valence-electron chi connectivity index (χ3n) is 6.42. The average molecular weight is 426 g/mol. The molecule has 32 heavy (non-hydrogen) atoms. The van der Waals surface area contributed by atoms with E-state index in [4.69, 9.17) is 4.99 Å². The first-order valence-corrected chi connectivity index (χ1v) is 11.3. The van der Waals surface area contributed by atoms with Gasteiger partial charge in [0, 0.05) is 44.8 Å². The van der Waals surface area contributed by atoms with E-state index >= 15 is 0 Å². The van der Waals surface area contributed by atoms with Crippen molar-refractivity contribution in [1.82, 2.24) is 14.7 Å². The van der Waals surface area contributed by atoms with Gasteiger partial charge < -0.3 is 4.90 Å². The Bertz CT molecular complexity index is 1140. The summed E-state index contributed by atoms with van der Waals surface area (Å²) in [7, 11) is 0. The largest absolute Gasteiger partial charge is 0.315 e. The van der Waals surface area contributed by atoms with E-state index in [1.165, 1.54) is 5.56 Å². The molecule has 5 rings (SSSR count). The van der Waals surface area contributed by atoms with Crippen LogP contribution in [0.15, 0.2) is 64.8 Å². The molecule has 3 aliphatic heterocycles. The van der Waals surface area contributed by atoms with Crippen molar-refractivity contribution in [3.63, 3.8) is 0 Å². The van der Waals surface area contributed by atoms with E-state index in [0.717, 1.165) is 67.4 Å². The minimum Gasteiger partial charge on any atom is -0.315 e. The molecular weight excluding hydrogens is 398 g/mol. The van der Waals surface area contributed by atoms with Gasteiger partial charge in [0.1, 0.15) is 0 Å². The van der Waals surface area contributed by atoms with Crippen LogP contribution in [0, 0.1) is 18.3 Å². The van der Waals surface area contributed by atoms with Crippen molar-refractivity contribution in [2.75, 3.05) is 26.2 Å². The fourth-order valence-electron chi connectivity index (χ4n) is 4.78. The molecule has 0 radical (unpaired) electrons. The Balaban J connectivity index is 1.41. The first-order chi connectivity index (χ1) is 15.6. The number of carbonyl (C=O) groups is 1. The Morgan fingerprint density at radius 2 is 1.91 bits per heavy atom. The minimum atomic E-state index is 0.0768. The van der Waals surface area contributed by atoms with Gasteiger partial charge in [0.15, 0.2) is 0 Å². The normalized spacial score (nSPS) is 18.8. The zero-order valence-electron chi connectivity index (χ0n) is 18.4. The molecule has 0 saturated heterocycles. The highest BCUT2D eigenvalue weighted by molar-refractivity contribution is 6.09. The number of rotatable bonds is 4. The smallest absolute Gasteiger partial charge is 0.259 e. The van der Waals surface area contributed by atoms with Crippen LogP contribution in [0.2, 0.25) is 0 Å². The van der Waals surface area contributed by atoms with Crippen LogP contribution in [0.1, 0.15) is 35.1 Å². The van der Waals surface area contributed by atoms with E-state index < -0.39 is 0 Å². The first-order valence-electron chi connectivity index (χ1n) is 11.3. The number of hydrogen-bond donors (Lipinski definition) is 0. The number of carbonyl (C=O) groups excluding carboxylic acids is 1. The van der Waals surface area contributed by atoms with Gasteiger partial charge in [-0.1, -0.05) is 42.0 Å². The maximum absolute atomic E-state index is 13.7. The third kappa shape index (κ3) is 3.92. The molecule has 3 aliphatic rings. The molecule has 6 heteroatoms. The van der Waals surface area contributed by atoms with Gasteiger partial charge in [-0.15, -0.1) is 0 Å². The molecule has 1 amide bonds. The molecular formula is C26H27N5O. The van der Waals surface area contributed by atoms with Crippen LogP contribution >= 0.6 is 0 Å². The van der Waals surface area contributed by atoms with Crippen LogP contribution in [-0.4, -0.2) is 52.7 Å². The fraction of sp³-hybridized carbons (Fsp3) is 0.346. The standard InChI is InChI=1S/C26H27N5O/c1-19-6-8-20(9-7-19)17-31-25(32)23-18-29(16-22-5-2-4-21(14-22)15-27)13-10-24(23)30-12-3-11-28-26(30)31/h2,4-9,14H,3,10-13,16-18H2,1H3. The van der Waals surface area contributed by atoms with Gasteiger partial charge in [-0.2, -0.15) is 5.26 Å². The van der Waals surface area contributed by atoms with E-state index in [2.05, 4.69) is 47.1 Å². The topological polar surface area (TPSA) is 62.9 Å². The molecule has 6 nitrogen and oxygen atoms in total. The molecule has 3 heterocycles. The summed E-state index contributed by atoms with van der Waals surface area (Å²) in [6.45, 7) is 6.55. The predicted octanol–water partition coefficient (Wildman–Crippen LogP) is 3.43. The number of guanidine groups is 1. The fourth-order valence-corrected chi connectivity index (χ4v) is 4.78. The van der Waals surface area contributed by atoms with Crippen LogP contribution in [0.3, 0.4) is 0 Å². The van der Waals surface area contributed by atoms with E-state index in [-0.39, 0.29) is 5.91 Å². The Labute approximate surface area is 189 Å². The molecule has 0 aromatic heterocycles. The summed E-state index contributed by atoms with van der Waals surface area (Å²) in [5.41, 5.74) is 6.14. The van der Waals surface area contributed by atoms with Gasteiger partial charge in [0.2, 0.25) is 5.96 Å². The van der Waals surface area contributed by atoms with Crippen molar-refractivity contribution in [1.29, 1.82) is 5.26 Å². The number of benzene rings is 2. The lowest BCUT2D eigenvalue weighted by Crippen LogP contribution is -2.56. The maximum atomic E-state index is 13.7. The number of nitriles is 1. The lowest BCUT2D eigenvalue weighted by molar-refractivity contribution is -0.125. The molecule has 0 N–H and O–H groups in total. The molecule has 2 aromatic rings. The van der Waals surface area contributed by atoms with Crippen LogP contribution in [0.4, 0.5) is 0 Å². The molecule has 0 atom stereocenters. The van der Waals surface area contributed by atoms with Gasteiger partial charge in [-0.05, 0) is 36.6 Å². The van der Waals surface area contributed by atoms with Crippen molar-refractivity contribution in [3.8, 4) is 6.07 Å². The van der Waals surface area contributed by atoms with E-state index in [1.54, 1.807) is 0 Å². The van der Waals surface area contributed by atoms with E-state index in [9.17, 15) is 10.1 Å². The molecule has 0 fully saturated rings. The lowest BCUT2D eigenvalue weighted by Gasteiger charge is -2.45. The summed E-state index contributed by atoms with van der Waals surface area (Å²) in [6.07, 6.45) is 1.86. The number of amides is 1. The highest BCUT2D eigenvalue weighted by atomic mass is 16.2. The van der Waals surface area contributed by atoms with E-state index in [0.29, 0.717) is 18.7 Å². The van der Waals surface area contributed by atoms with Crippen molar-refractivity contribution in [2.24, 2.45) is 4.99 Å². The predicted molar refractivity (Wildman–Crippen MR) is 123 cm³/mol. The Morgan fingerprint density at radius 3 is 2.72 bits per heavy atom. The number of hydrogen-bond acceptors (Lipinski definition) is 5. The minimum absolute atomic E-state index is 0.0768. The lowest BCUT2D eigenvalue weighted by atomic mass is 9.99. The zero-order chi connectivity index (χ0) is 22.1. The van der Waals surface area contributed by atoms with Crippen molar-refractivity contribution >= 4 is 11.9 Å². The summed E-state index contributed by atoms with van der Waals surface area (Å²) < 4.78 is 0. The maximum Gasteiger partial charge on any atom is 0.259 e. The van der Waals surface area contributed by atoms with E-state index in [1.807, 2.05) is 29.2 Å². The summed E-state index contributed by atoms with van der Waals surface area (Å²) in [6, 6.07) is 18.3. The second kappa shape index (κ2) is 8.60. The number of nitrogens with zero attached hydrogens (tertiary/aromatic N) is 5. The van der Waals surface area contributed by atoms with Gasteiger partial charge in [-0.25, -0.2) is 0 Å². The van der Waals surface area contributed by atoms with Crippen LogP contribution in [0.25, 0.3) is 0 Å². The van der Waals surface area contributed by atoms with Gasteiger partial charge in [0.25, 0.3) is 5.91 Å². The molecule has 0 bridgehead atoms. The molecule has 0 spiro atoms. The van der Waals surface area contributed by atoms with Gasteiger partial charge in [-0.3, -0.25) is 19.6 Å². The first kappa shape index (κ1) is 20.5. The average Bonchev–Trinajstić information content (AvgIpc) is 2.83. The molecule has 0 unspecified atom stereocenters. The molecule has 162 valence electrons. The summed E-state index contributed by atoms with van der Waals surface area (Å²) in [5, 5.41) is 9.19. The summed E-state index contributed by atoms with van der Waals surface area (Å²) >= 11 is 0. The number of aliphatic imine (C=N–C) groups is 1. The number of aryl methyl sites for hydroxylation is 1. The summed E-state index contributed by atoms with van der Waals surface area (Å²) in [5.74, 6) is 0.892. The van der Waals surface area contributed by atoms with Crippen LogP contribution in [0.5, 0.6) is 0 Å². The second-order valence-electron chi connectivity index (χ2n) is 8.76. The molecule has 0 saturated carbocycles. The van der Waals surface area contributed by atoms with Crippen molar-refractivity contribution < 1.29 is 4.79 Å². The van der Waals surface area contributed by atoms with Crippen LogP contribution < -0.4 is 0 Å². The van der Waals surface area contributed by atoms with Gasteiger partial charge in [0.05, 0.1) is 23.8 Å².